The molecule has 8 heteroatoms. The summed E-state index contributed by atoms with van der Waals surface area (Å²) >= 11 is 3.32. The van der Waals surface area contributed by atoms with E-state index in [-0.39, 0.29) is 5.57 Å². The van der Waals surface area contributed by atoms with Crippen molar-refractivity contribution in [3.8, 4) is 11.5 Å². The third kappa shape index (κ3) is 5.27. The second-order valence-corrected chi connectivity index (χ2v) is 8.97. The largest absolute Gasteiger partial charge is 0.493 e. The van der Waals surface area contributed by atoms with Gasteiger partial charge in [0.15, 0.2) is 11.5 Å². The summed E-state index contributed by atoms with van der Waals surface area (Å²) in [6.45, 7) is 4.47. The van der Waals surface area contributed by atoms with Crippen LogP contribution in [0.15, 0.2) is 70.7 Å². The third-order valence-electron chi connectivity index (χ3n) is 5.65. The SMILES string of the molecule is COc1cc(/C=C2\C(=O)NC(=O)N(c3ccc(Br)cc3)C2=O)ccc1OCc1ccc(C)c(C)c1. The van der Waals surface area contributed by atoms with Crippen molar-refractivity contribution in [1.29, 1.82) is 0 Å². The molecule has 0 spiro atoms. The number of hydrogen-bond acceptors (Lipinski definition) is 5. The van der Waals surface area contributed by atoms with Crippen molar-refractivity contribution >= 4 is 45.5 Å². The van der Waals surface area contributed by atoms with E-state index in [0.29, 0.717) is 29.4 Å². The number of amides is 4. The van der Waals surface area contributed by atoms with E-state index >= 15 is 0 Å². The van der Waals surface area contributed by atoms with Crippen molar-refractivity contribution in [2.75, 3.05) is 12.0 Å². The molecule has 0 unspecified atom stereocenters. The molecule has 0 aliphatic carbocycles. The maximum absolute atomic E-state index is 13.1. The van der Waals surface area contributed by atoms with Crippen LogP contribution in [0.3, 0.4) is 0 Å². The molecule has 4 amide bonds. The van der Waals surface area contributed by atoms with E-state index in [2.05, 4.69) is 47.2 Å². The molecule has 3 aromatic carbocycles. The number of anilines is 1. The number of aryl methyl sites for hydroxylation is 2. The minimum atomic E-state index is -0.799. The number of nitrogens with one attached hydrogen (secondary N) is 1. The number of imide groups is 2. The van der Waals surface area contributed by atoms with E-state index < -0.39 is 17.8 Å². The second-order valence-electron chi connectivity index (χ2n) is 8.05. The molecule has 1 fully saturated rings. The van der Waals surface area contributed by atoms with E-state index in [4.69, 9.17) is 9.47 Å². The number of nitrogens with zero attached hydrogens (tertiary/aromatic N) is 1. The lowest BCUT2D eigenvalue weighted by atomic mass is 10.1. The predicted octanol–water partition coefficient (Wildman–Crippen LogP) is 5.32. The van der Waals surface area contributed by atoms with E-state index in [1.165, 1.54) is 24.3 Å². The highest BCUT2D eigenvalue weighted by Crippen LogP contribution is 2.31. The smallest absolute Gasteiger partial charge is 0.335 e. The first-order chi connectivity index (χ1) is 16.8. The molecule has 1 saturated heterocycles. The monoisotopic (exact) mass is 534 g/mol. The summed E-state index contributed by atoms with van der Waals surface area (Å²) in [5, 5.41) is 2.22. The lowest BCUT2D eigenvalue weighted by Crippen LogP contribution is -2.54. The molecule has 35 heavy (non-hydrogen) atoms. The molecule has 0 aromatic heterocycles. The number of hydrogen-bond donors (Lipinski definition) is 1. The molecule has 178 valence electrons. The maximum atomic E-state index is 13.1. The molecular weight excluding hydrogens is 512 g/mol. The van der Waals surface area contributed by atoms with Crippen molar-refractivity contribution in [3.63, 3.8) is 0 Å². The van der Waals surface area contributed by atoms with Gasteiger partial charge in [0.2, 0.25) is 0 Å². The lowest BCUT2D eigenvalue weighted by molar-refractivity contribution is -0.122. The normalized spacial score (nSPS) is 14.8. The van der Waals surface area contributed by atoms with Crippen LogP contribution in [-0.2, 0) is 16.2 Å². The number of carbonyl (C=O) groups excluding carboxylic acids is 3. The van der Waals surface area contributed by atoms with Gasteiger partial charge in [0.1, 0.15) is 12.2 Å². The van der Waals surface area contributed by atoms with Gasteiger partial charge >= 0.3 is 6.03 Å². The Hall–Kier alpha value is -3.91. The van der Waals surface area contributed by atoms with Crippen molar-refractivity contribution in [2.45, 2.75) is 20.5 Å². The van der Waals surface area contributed by atoms with Crippen LogP contribution in [0.5, 0.6) is 11.5 Å². The summed E-state index contributed by atoms with van der Waals surface area (Å²) in [6.07, 6.45) is 1.42. The van der Waals surface area contributed by atoms with Crippen LogP contribution in [0.25, 0.3) is 6.08 Å². The zero-order chi connectivity index (χ0) is 25.1. The zero-order valence-corrected chi connectivity index (χ0v) is 21.0. The fourth-order valence-electron chi connectivity index (χ4n) is 3.60. The van der Waals surface area contributed by atoms with Gasteiger partial charge in [-0.15, -0.1) is 0 Å². The van der Waals surface area contributed by atoms with Crippen LogP contribution in [-0.4, -0.2) is 25.0 Å². The Balaban J connectivity index is 1.58. The number of benzene rings is 3. The third-order valence-corrected chi connectivity index (χ3v) is 6.18. The predicted molar refractivity (Wildman–Crippen MR) is 136 cm³/mol. The highest BCUT2D eigenvalue weighted by molar-refractivity contribution is 9.10. The minimum absolute atomic E-state index is 0.168. The Bertz CT molecular complexity index is 1350. The fraction of sp³-hybridized carbons (Fsp3) is 0.148. The van der Waals surface area contributed by atoms with E-state index in [9.17, 15) is 14.4 Å². The highest BCUT2D eigenvalue weighted by Gasteiger charge is 2.36. The van der Waals surface area contributed by atoms with E-state index in [1.807, 2.05) is 6.07 Å². The topological polar surface area (TPSA) is 84.9 Å². The summed E-state index contributed by atoms with van der Waals surface area (Å²) in [4.78, 5) is 38.8. The van der Waals surface area contributed by atoms with Gasteiger partial charge in [-0.1, -0.05) is 40.2 Å². The first-order valence-corrected chi connectivity index (χ1v) is 11.6. The minimum Gasteiger partial charge on any atom is -0.493 e. The number of halogens is 1. The Morgan fingerprint density at radius 2 is 1.66 bits per heavy atom. The molecule has 3 aromatic rings. The molecule has 0 bridgehead atoms. The standard InChI is InChI=1S/C27H23BrN2O5/c1-16-4-5-19(12-17(16)2)15-35-23-11-6-18(14-24(23)34-3)13-22-25(31)29-27(33)30(26(22)32)21-9-7-20(28)8-10-21/h4-14H,15H2,1-3H3,(H,29,31,33)/b22-13+. The fourth-order valence-corrected chi connectivity index (χ4v) is 3.86. The summed E-state index contributed by atoms with van der Waals surface area (Å²) in [6, 6.07) is 17.1. The summed E-state index contributed by atoms with van der Waals surface area (Å²) in [5.41, 5.74) is 4.16. The number of ether oxygens (including phenoxy) is 2. The Labute approximate surface area is 211 Å². The quantitative estimate of drug-likeness (QED) is 0.341. The number of carbonyl (C=O) groups is 3. The summed E-state index contributed by atoms with van der Waals surface area (Å²) < 4.78 is 12.2. The van der Waals surface area contributed by atoms with Gasteiger partial charge in [-0.25, -0.2) is 9.69 Å². The number of methoxy groups -OCH3 is 1. The van der Waals surface area contributed by atoms with Gasteiger partial charge in [0.05, 0.1) is 12.8 Å². The summed E-state index contributed by atoms with van der Waals surface area (Å²) in [7, 11) is 1.52. The van der Waals surface area contributed by atoms with Crippen LogP contribution in [0.1, 0.15) is 22.3 Å². The van der Waals surface area contributed by atoms with Crippen molar-refractivity contribution in [2.24, 2.45) is 0 Å². The maximum Gasteiger partial charge on any atom is 0.335 e. The molecule has 0 radical (unpaired) electrons. The molecule has 0 saturated carbocycles. The van der Waals surface area contributed by atoms with Gasteiger partial charge in [-0.3, -0.25) is 14.9 Å². The van der Waals surface area contributed by atoms with Gasteiger partial charge in [-0.05, 0) is 78.6 Å². The van der Waals surface area contributed by atoms with Crippen molar-refractivity contribution < 1.29 is 23.9 Å². The lowest BCUT2D eigenvalue weighted by Gasteiger charge is -2.26. The summed E-state index contributed by atoms with van der Waals surface area (Å²) in [5.74, 6) is -0.496. The second kappa shape index (κ2) is 10.1. The molecule has 4 rings (SSSR count). The number of urea groups is 1. The average Bonchev–Trinajstić information content (AvgIpc) is 2.84. The molecule has 7 nitrogen and oxygen atoms in total. The molecule has 1 aliphatic heterocycles. The van der Waals surface area contributed by atoms with Crippen molar-refractivity contribution in [3.05, 3.63) is 93.0 Å². The molecule has 1 heterocycles. The van der Waals surface area contributed by atoms with Gasteiger partial charge in [-0.2, -0.15) is 0 Å². The Morgan fingerprint density at radius 1 is 0.914 bits per heavy atom. The zero-order valence-electron chi connectivity index (χ0n) is 19.4. The van der Waals surface area contributed by atoms with Gasteiger partial charge in [0.25, 0.3) is 11.8 Å². The molecule has 1 aliphatic rings. The van der Waals surface area contributed by atoms with Crippen LogP contribution < -0.4 is 19.7 Å². The van der Waals surface area contributed by atoms with Crippen molar-refractivity contribution in [1.82, 2.24) is 5.32 Å². The van der Waals surface area contributed by atoms with Crippen LogP contribution in [0.2, 0.25) is 0 Å². The first kappa shape index (κ1) is 24.2. The molecule has 0 atom stereocenters. The molecule has 1 N–H and O–H groups in total. The van der Waals surface area contributed by atoms with Gasteiger partial charge in [0, 0.05) is 4.47 Å². The van der Waals surface area contributed by atoms with Crippen LogP contribution >= 0.6 is 15.9 Å². The highest BCUT2D eigenvalue weighted by atomic mass is 79.9. The number of rotatable bonds is 6. The van der Waals surface area contributed by atoms with Crippen LogP contribution in [0, 0.1) is 13.8 Å². The van der Waals surface area contributed by atoms with Gasteiger partial charge < -0.3 is 9.47 Å². The Kier molecular flexibility index (Phi) is 7.02. The average molecular weight is 535 g/mol. The Morgan fingerprint density at radius 3 is 2.34 bits per heavy atom. The molecular formula is C27H23BrN2O5. The van der Waals surface area contributed by atoms with Crippen LogP contribution in [0.4, 0.5) is 10.5 Å². The van der Waals surface area contributed by atoms with E-state index in [0.717, 1.165) is 14.9 Å². The number of barbiturate groups is 1. The first-order valence-electron chi connectivity index (χ1n) is 10.8. The van der Waals surface area contributed by atoms with E-state index in [1.54, 1.807) is 42.5 Å².